The highest BCUT2D eigenvalue weighted by molar-refractivity contribution is 4.89. The lowest BCUT2D eigenvalue weighted by Gasteiger charge is -2.43. The minimum absolute atomic E-state index is 0.215. The minimum atomic E-state index is 0.215. The van der Waals surface area contributed by atoms with Gasteiger partial charge in [-0.2, -0.15) is 0 Å². The molecule has 3 heteroatoms. The van der Waals surface area contributed by atoms with E-state index in [0.717, 1.165) is 13.2 Å². The first-order valence-electron chi connectivity index (χ1n) is 4.23. The zero-order valence-electron chi connectivity index (χ0n) is 7.94. The van der Waals surface area contributed by atoms with Gasteiger partial charge >= 0.3 is 0 Å². The van der Waals surface area contributed by atoms with E-state index in [1.54, 1.807) is 0 Å². The summed E-state index contributed by atoms with van der Waals surface area (Å²) in [6.45, 7) is 8.78. The Morgan fingerprint density at radius 1 is 1.45 bits per heavy atom. The summed E-state index contributed by atoms with van der Waals surface area (Å²) < 4.78 is 0. The second kappa shape index (κ2) is 3.09. The predicted molar refractivity (Wildman–Crippen MR) is 47.0 cm³/mol. The Labute approximate surface area is 69.1 Å². The largest absolute Gasteiger partial charge is 0.291 e. The molecule has 66 valence electrons. The summed E-state index contributed by atoms with van der Waals surface area (Å²) in [5, 5.41) is 0. The average Bonchev–Trinajstić information content (AvgIpc) is 1.86. The number of hydrogen-bond donors (Lipinski definition) is 2. The Morgan fingerprint density at radius 2 is 2.09 bits per heavy atom. The molecule has 2 N–H and O–H groups in total. The lowest BCUT2D eigenvalue weighted by Crippen LogP contribution is -2.65. The van der Waals surface area contributed by atoms with Crippen LogP contribution >= 0.6 is 0 Å². The fourth-order valence-corrected chi connectivity index (χ4v) is 1.36. The molecule has 1 heterocycles. The SMILES string of the molecule is CC(C)C1(C)CN(C)CNN1. The van der Waals surface area contributed by atoms with Crippen LogP contribution in [-0.2, 0) is 0 Å². The second-order valence-electron chi connectivity index (χ2n) is 4.05. The number of nitrogens with one attached hydrogen (secondary N) is 2. The average molecular weight is 157 g/mol. The van der Waals surface area contributed by atoms with Crippen LogP contribution < -0.4 is 10.9 Å². The van der Waals surface area contributed by atoms with Crippen molar-refractivity contribution >= 4 is 0 Å². The van der Waals surface area contributed by atoms with E-state index >= 15 is 0 Å². The van der Waals surface area contributed by atoms with Gasteiger partial charge in [-0.25, -0.2) is 10.9 Å². The topological polar surface area (TPSA) is 27.3 Å². The Bertz CT molecular complexity index is 135. The molecule has 1 fully saturated rings. The summed E-state index contributed by atoms with van der Waals surface area (Å²) in [7, 11) is 2.13. The van der Waals surface area contributed by atoms with Crippen molar-refractivity contribution in [3.63, 3.8) is 0 Å². The third-order valence-corrected chi connectivity index (χ3v) is 2.60. The highest BCUT2D eigenvalue weighted by Gasteiger charge is 2.31. The summed E-state index contributed by atoms with van der Waals surface area (Å²) in [6, 6.07) is 0. The predicted octanol–water partition coefficient (Wildman–Crippen LogP) is 0.398. The maximum atomic E-state index is 3.33. The van der Waals surface area contributed by atoms with Crippen molar-refractivity contribution in [2.24, 2.45) is 5.92 Å². The van der Waals surface area contributed by atoms with Gasteiger partial charge in [-0.3, -0.25) is 4.90 Å². The van der Waals surface area contributed by atoms with E-state index in [0.29, 0.717) is 5.92 Å². The fraction of sp³-hybridized carbons (Fsp3) is 1.00. The standard InChI is InChI=1S/C8H19N3/c1-7(2)8(3)5-11(4)6-9-10-8/h7,9-10H,5-6H2,1-4H3. The van der Waals surface area contributed by atoms with Crippen LogP contribution in [0.4, 0.5) is 0 Å². The molecule has 0 aromatic carbocycles. The molecule has 1 aliphatic heterocycles. The molecule has 1 aliphatic rings. The summed E-state index contributed by atoms with van der Waals surface area (Å²) in [4.78, 5) is 2.29. The highest BCUT2D eigenvalue weighted by atomic mass is 15.5. The monoisotopic (exact) mass is 157 g/mol. The third kappa shape index (κ3) is 1.92. The van der Waals surface area contributed by atoms with Crippen molar-refractivity contribution in [1.29, 1.82) is 0 Å². The van der Waals surface area contributed by atoms with E-state index in [9.17, 15) is 0 Å². The Balaban J connectivity index is 2.55. The zero-order valence-corrected chi connectivity index (χ0v) is 7.94. The molecule has 1 unspecified atom stereocenters. The van der Waals surface area contributed by atoms with Gasteiger partial charge in [0.25, 0.3) is 0 Å². The van der Waals surface area contributed by atoms with Crippen LogP contribution in [0.5, 0.6) is 0 Å². The van der Waals surface area contributed by atoms with Crippen LogP contribution in [0.15, 0.2) is 0 Å². The number of nitrogens with zero attached hydrogens (tertiary/aromatic N) is 1. The van der Waals surface area contributed by atoms with E-state index < -0.39 is 0 Å². The first-order valence-corrected chi connectivity index (χ1v) is 4.23. The minimum Gasteiger partial charge on any atom is -0.291 e. The van der Waals surface area contributed by atoms with Crippen LogP contribution in [0.2, 0.25) is 0 Å². The Morgan fingerprint density at radius 3 is 2.45 bits per heavy atom. The van der Waals surface area contributed by atoms with Crippen LogP contribution in [0.25, 0.3) is 0 Å². The van der Waals surface area contributed by atoms with Crippen LogP contribution in [0.3, 0.4) is 0 Å². The number of likely N-dealkylation sites (N-methyl/N-ethyl adjacent to an activating group) is 1. The van der Waals surface area contributed by atoms with Crippen molar-refractivity contribution in [2.75, 3.05) is 20.3 Å². The molecule has 0 radical (unpaired) electrons. The van der Waals surface area contributed by atoms with E-state index in [4.69, 9.17) is 0 Å². The lowest BCUT2D eigenvalue weighted by atomic mass is 9.88. The van der Waals surface area contributed by atoms with Crippen molar-refractivity contribution in [1.82, 2.24) is 15.8 Å². The van der Waals surface area contributed by atoms with Crippen molar-refractivity contribution in [3.05, 3.63) is 0 Å². The molecule has 0 aromatic rings. The van der Waals surface area contributed by atoms with Gasteiger partial charge in [-0.05, 0) is 19.9 Å². The number of hydrogen-bond acceptors (Lipinski definition) is 3. The number of rotatable bonds is 1. The van der Waals surface area contributed by atoms with Gasteiger partial charge in [-0.15, -0.1) is 0 Å². The molecule has 11 heavy (non-hydrogen) atoms. The number of hydrazine groups is 1. The van der Waals surface area contributed by atoms with E-state index in [1.807, 2.05) is 0 Å². The van der Waals surface area contributed by atoms with Crippen molar-refractivity contribution in [3.8, 4) is 0 Å². The lowest BCUT2D eigenvalue weighted by molar-refractivity contribution is 0.0884. The van der Waals surface area contributed by atoms with Gasteiger partial charge in [0.1, 0.15) is 0 Å². The van der Waals surface area contributed by atoms with Gasteiger partial charge in [0.05, 0.1) is 6.67 Å². The molecular formula is C8H19N3. The maximum Gasteiger partial charge on any atom is 0.0613 e. The highest BCUT2D eigenvalue weighted by Crippen LogP contribution is 2.18. The Kier molecular flexibility index (Phi) is 2.52. The smallest absolute Gasteiger partial charge is 0.0613 e. The molecule has 0 saturated carbocycles. The molecule has 0 aliphatic carbocycles. The third-order valence-electron chi connectivity index (χ3n) is 2.60. The second-order valence-corrected chi connectivity index (χ2v) is 4.05. The van der Waals surface area contributed by atoms with Crippen LogP contribution in [0, 0.1) is 5.92 Å². The van der Waals surface area contributed by atoms with Crippen molar-refractivity contribution < 1.29 is 0 Å². The molecule has 3 nitrogen and oxygen atoms in total. The fourth-order valence-electron chi connectivity index (χ4n) is 1.36. The summed E-state index contributed by atoms with van der Waals surface area (Å²) in [6.07, 6.45) is 0. The molecule has 0 amide bonds. The first kappa shape index (κ1) is 8.97. The summed E-state index contributed by atoms with van der Waals surface area (Å²) in [5.41, 5.74) is 6.73. The molecule has 0 bridgehead atoms. The molecular weight excluding hydrogens is 138 g/mol. The van der Waals surface area contributed by atoms with Gasteiger partial charge in [-0.1, -0.05) is 13.8 Å². The summed E-state index contributed by atoms with van der Waals surface area (Å²) in [5.74, 6) is 0.651. The van der Waals surface area contributed by atoms with Gasteiger partial charge in [0.2, 0.25) is 0 Å². The van der Waals surface area contributed by atoms with Gasteiger partial charge in [0.15, 0.2) is 0 Å². The Hall–Kier alpha value is -0.120. The first-order chi connectivity index (χ1) is 5.04. The van der Waals surface area contributed by atoms with Crippen molar-refractivity contribution in [2.45, 2.75) is 26.3 Å². The van der Waals surface area contributed by atoms with E-state index in [2.05, 4.69) is 43.6 Å². The zero-order chi connectivity index (χ0) is 8.48. The van der Waals surface area contributed by atoms with E-state index in [1.165, 1.54) is 0 Å². The molecule has 0 spiro atoms. The van der Waals surface area contributed by atoms with Crippen LogP contribution in [0.1, 0.15) is 20.8 Å². The van der Waals surface area contributed by atoms with Crippen LogP contribution in [-0.4, -0.2) is 30.7 Å². The molecule has 1 rings (SSSR count). The van der Waals surface area contributed by atoms with E-state index in [-0.39, 0.29) is 5.54 Å². The molecule has 1 saturated heterocycles. The molecule has 1 atom stereocenters. The maximum absolute atomic E-state index is 3.33. The van der Waals surface area contributed by atoms with Gasteiger partial charge < -0.3 is 0 Å². The molecule has 0 aromatic heterocycles. The van der Waals surface area contributed by atoms with Gasteiger partial charge in [0, 0.05) is 12.1 Å². The normalized spacial score (nSPS) is 34.6. The summed E-state index contributed by atoms with van der Waals surface area (Å²) >= 11 is 0. The quantitative estimate of drug-likeness (QED) is 0.577.